The van der Waals surface area contributed by atoms with Crippen LogP contribution in [0.15, 0.2) is 0 Å². The summed E-state index contributed by atoms with van der Waals surface area (Å²) in [4.78, 5) is 22.9. The van der Waals surface area contributed by atoms with Crippen LogP contribution < -0.4 is 16.0 Å². The van der Waals surface area contributed by atoms with Crippen LogP contribution in [-0.2, 0) is 9.59 Å². The van der Waals surface area contributed by atoms with E-state index in [1.54, 1.807) is 0 Å². The summed E-state index contributed by atoms with van der Waals surface area (Å²) in [6.45, 7) is 4.96. The van der Waals surface area contributed by atoms with Gasteiger partial charge in [-0.25, -0.2) is 0 Å². The first-order valence-corrected chi connectivity index (χ1v) is 6.37. The minimum atomic E-state index is -0.312. The highest BCUT2D eigenvalue weighted by molar-refractivity contribution is 5.90. The third kappa shape index (κ3) is 3.85. The second-order valence-electron chi connectivity index (χ2n) is 5.44. The first kappa shape index (κ1) is 15.2. The molecule has 0 aromatic rings. The molecule has 0 radical (unpaired) electrons. The van der Waals surface area contributed by atoms with Crippen LogP contribution in [0.1, 0.15) is 32.6 Å². The molecule has 2 aliphatic rings. The van der Waals surface area contributed by atoms with Crippen LogP contribution in [0.2, 0.25) is 0 Å². The number of amides is 2. The van der Waals surface area contributed by atoms with Gasteiger partial charge in [-0.05, 0) is 37.8 Å². The number of nitrogens with one attached hydrogen (secondary N) is 3. The largest absolute Gasteiger partial charge is 0.354 e. The second kappa shape index (κ2) is 6.38. The van der Waals surface area contributed by atoms with Gasteiger partial charge in [0.25, 0.3) is 0 Å². The van der Waals surface area contributed by atoms with Gasteiger partial charge in [0, 0.05) is 13.0 Å². The summed E-state index contributed by atoms with van der Waals surface area (Å²) in [6, 6.07) is -0.312. The average Bonchev–Trinajstić information content (AvgIpc) is 2.74. The molecule has 0 aromatic heterocycles. The Kier molecular flexibility index (Phi) is 5.41. The van der Waals surface area contributed by atoms with E-state index < -0.39 is 0 Å². The SMILES string of the molecule is CC1(CNC(=O)[C@@H]2CCC(=O)N2)CCNCC1.Cl. The van der Waals surface area contributed by atoms with Gasteiger partial charge in [0.2, 0.25) is 11.8 Å². The molecule has 2 rings (SSSR count). The Morgan fingerprint density at radius 3 is 2.67 bits per heavy atom. The Morgan fingerprint density at radius 1 is 1.44 bits per heavy atom. The molecule has 0 spiro atoms. The Morgan fingerprint density at radius 2 is 2.11 bits per heavy atom. The number of hydrogen-bond donors (Lipinski definition) is 3. The smallest absolute Gasteiger partial charge is 0.242 e. The van der Waals surface area contributed by atoms with Gasteiger partial charge in [-0.15, -0.1) is 12.4 Å². The summed E-state index contributed by atoms with van der Waals surface area (Å²) >= 11 is 0. The number of piperidine rings is 1. The number of halogens is 1. The molecule has 1 atom stereocenters. The van der Waals surface area contributed by atoms with Crippen molar-refractivity contribution in [3.05, 3.63) is 0 Å². The van der Waals surface area contributed by atoms with Gasteiger partial charge < -0.3 is 16.0 Å². The van der Waals surface area contributed by atoms with Crippen molar-refractivity contribution < 1.29 is 9.59 Å². The van der Waals surface area contributed by atoms with E-state index in [1.807, 2.05) is 0 Å². The van der Waals surface area contributed by atoms with Crippen LogP contribution >= 0.6 is 12.4 Å². The first-order valence-electron chi connectivity index (χ1n) is 6.37. The molecule has 18 heavy (non-hydrogen) atoms. The highest BCUT2D eigenvalue weighted by atomic mass is 35.5. The third-order valence-electron chi connectivity index (χ3n) is 3.81. The summed E-state index contributed by atoms with van der Waals surface area (Å²) in [6.07, 6.45) is 3.27. The van der Waals surface area contributed by atoms with Gasteiger partial charge in [0.15, 0.2) is 0 Å². The Hall–Kier alpha value is -0.810. The lowest BCUT2D eigenvalue weighted by Crippen LogP contribution is -2.47. The van der Waals surface area contributed by atoms with E-state index in [-0.39, 0.29) is 35.7 Å². The van der Waals surface area contributed by atoms with E-state index in [9.17, 15) is 9.59 Å². The van der Waals surface area contributed by atoms with Crippen molar-refractivity contribution in [1.82, 2.24) is 16.0 Å². The van der Waals surface area contributed by atoms with Crippen molar-refractivity contribution in [3.63, 3.8) is 0 Å². The molecule has 2 heterocycles. The average molecular weight is 276 g/mol. The molecule has 2 saturated heterocycles. The Labute approximate surface area is 114 Å². The lowest BCUT2D eigenvalue weighted by molar-refractivity contribution is -0.126. The summed E-state index contributed by atoms with van der Waals surface area (Å²) < 4.78 is 0. The molecule has 0 aliphatic carbocycles. The molecule has 0 saturated carbocycles. The molecule has 0 bridgehead atoms. The Bertz CT molecular complexity index is 316. The van der Waals surface area contributed by atoms with Gasteiger partial charge in [-0.1, -0.05) is 6.92 Å². The fraction of sp³-hybridized carbons (Fsp3) is 0.833. The standard InChI is InChI=1S/C12H21N3O2.ClH/c1-12(4-6-13-7-5-12)8-14-11(17)9-2-3-10(16)15-9;/h9,13H,2-8H2,1H3,(H,14,17)(H,15,16);1H/t9-;/m0./s1. The van der Waals surface area contributed by atoms with Crippen LogP contribution in [0.5, 0.6) is 0 Å². The van der Waals surface area contributed by atoms with Crippen LogP contribution in [0, 0.1) is 5.41 Å². The van der Waals surface area contributed by atoms with Crippen LogP contribution in [0.3, 0.4) is 0 Å². The summed E-state index contributed by atoms with van der Waals surface area (Å²) in [7, 11) is 0. The van der Waals surface area contributed by atoms with E-state index in [2.05, 4.69) is 22.9 Å². The molecule has 3 N–H and O–H groups in total. The predicted molar refractivity (Wildman–Crippen MR) is 71.6 cm³/mol. The van der Waals surface area contributed by atoms with Crippen molar-refractivity contribution in [1.29, 1.82) is 0 Å². The second-order valence-corrected chi connectivity index (χ2v) is 5.44. The highest BCUT2D eigenvalue weighted by Gasteiger charge is 2.30. The van der Waals surface area contributed by atoms with Crippen molar-refractivity contribution in [2.24, 2.45) is 5.41 Å². The van der Waals surface area contributed by atoms with Crippen LogP contribution in [-0.4, -0.2) is 37.5 Å². The van der Waals surface area contributed by atoms with Gasteiger partial charge >= 0.3 is 0 Å². The van der Waals surface area contributed by atoms with Gasteiger partial charge in [0.1, 0.15) is 6.04 Å². The molecule has 0 aromatic carbocycles. The van der Waals surface area contributed by atoms with E-state index >= 15 is 0 Å². The van der Waals surface area contributed by atoms with Crippen molar-refractivity contribution in [2.75, 3.05) is 19.6 Å². The number of rotatable bonds is 3. The molecular formula is C12H22ClN3O2. The minimum Gasteiger partial charge on any atom is -0.354 e. The summed E-state index contributed by atoms with van der Waals surface area (Å²) in [5.74, 6) is -0.0474. The molecule has 2 fully saturated rings. The van der Waals surface area contributed by atoms with Crippen molar-refractivity contribution in [2.45, 2.75) is 38.6 Å². The van der Waals surface area contributed by atoms with Gasteiger partial charge in [0.05, 0.1) is 0 Å². The number of hydrogen-bond acceptors (Lipinski definition) is 3. The maximum absolute atomic E-state index is 11.8. The molecule has 0 unspecified atom stereocenters. The minimum absolute atomic E-state index is 0. The monoisotopic (exact) mass is 275 g/mol. The van der Waals surface area contributed by atoms with Crippen molar-refractivity contribution in [3.8, 4) is 0 Å². The summed E-state index contributed by atoms with van der Waals surface area (Å²) in [5.41, 5.74) is 0.198. The molecule has 6 heteroatoms. The zero-order chi connectivity index (χ0) is 12.3. The van der Waals surface area contributed by atoms with Crippen LogP contribution in [0.4, 0.5) is 0 Å². The fourth-order valence-electron chi connectivity index (χ4n) is 2.44. The maximum Gasteiger partial charge on any atom is 0.242 e. The lowest BCUT2D eigenvalue weighted by Gasteiger charge is -2.34. The topological polar surface area (TPSA) is 70.2 Å². The predicted octanol–water partition coefficient (Wildman–Crippen LogP) is 0.193. The van der Waals surface area contributed by atoms with Gasteiger partial charge in [-0.3, -0.25) is 9.59 Å². The van der Waals surface area contributed by atoms with Crippen LogP contribution in [0.25, 0.3) is 0 Å². The third-order valence-corrected chi connectivity index (χ3v) is 3.81. The van der Waals surface area contributed by atoms with Gasteiger partial charge in [-0.2, -0.15) is 0 Å². The normalized spacial score (nSPS) is 26.1. The molecule has 5 nitrogen and oxygen atoms in total. The van der Waals surface area contributed by atoms with Crippen molar-refractivity contribution >= 4 is 24.2 Å². The maximum atomic E-state index is 11.8. The zero-order valence-corrected chi connectivity index (χ0v) is 11.6. The lowest BCUT2D eigenvalue weighted by atomic mass is 9.81. The quantitative estimate of drug-likeness (QED) is 0.689. The van der Waals surface area contributed by atoms with E-state index in [4.69, 9.17) is 0 Å². The molecule has 2 aliphatic heterocycles. The molecular weight excluding hydrogens is 254 g/mol. The fourth-order valence-corrected chi connectivity index (χ4v) is 2.44. The van der Waals surface area contributed by atoms with E-state index in [0.29, 0.717) is 19.4 Å². The number of carbonyl (C=O) groups excluding carboxylic acids is 2. The van der Waals surface area contributed by atoms with E-state index in [1.165, 1.54) is 0 Å². The zero-order valence-electron chi connectivity index (χ0n) is 10.8. The molecule has 2 amide bonds. The highest BCUT2D eigenvalue weighted by Crippen LogP contribution is 2.26. The number of carbonyl (C=O) groups is 2. The Balaban J connectivity index is 0.00000162. The summed E-state index contributed by atoms with van der Waals surface area (Å²) in [5, 5.41) is 8.98. The molecule has 104 valence electrons. The first-order chi connectivity index (χ1) is 8.09. The van der Waals surface area contributed by atoms with E-state index in [0.717, 1.165) is 25.9 Å².